The summed E-state index contributed by atoms with van der Waals surface area (Å²) in [5, 5.41) is 12.7. The van der Waals surface area contributed by atoms with Crippen LogP contribution in [-0.4, -0.2) is 11.1 Å². The van der Waals surface area contributed by atoms with Gasteiger partial charge in [0.15, 0.2) is 0 Å². The minimum absolute atomic E-state index is 0.294. The van der Waals surface area contributed by atoms with E-state index < -0.39 is 0 Å². The SMILES string of the molecule is CC(C)NCc1ccc(Br)c(O)c1. The normalized spacial score (nSPS) is 10.8. The van der Waals surface area contributed by atoms with Gasteiger partial charge in [-0.05, 0) is 33.6 Å². The van der Waals surface area contributed by atoms with E-state index in [4.69, 9.17) is 0 Å². The molecule has 2 nitrogen and oxygen atoms in total. The molecule has 2 N–H and O–H groups in total. The van der Waals surface area contributed by atoms with Crippen molar-refractivity contribution in [1.82, 2.24) is 5.32 Å². The standard InChI is InChI=1S/C10H14BrNO/c1-7(2)12-6-8-3-4-9(11)10(13)5-8/h3-5,7,12-13H,6H2,1-2H3. The molecule has 0 saturated carbocycles. The van der Waals surface area contributed by atoms with Crippen molar-refractivity contribution in [3.8, 4) is 5.75 Å². The monoisotopic (exact) mass is 243 g/mol. The molecule has 0 heterocycles. The van der Waals surface area contributed by atoms with Gasteiger partial charge in [0.25, 0.3) is 0 Å². The molecule has 3 heteroatoms. The van der Waals surface area contributed by atoms with Gasteiger partial charge in [-0.1, -0.05) is 19.9 Å². The highest BCUT2D eigenvalue weighted by atomic mass is 79.9. The number of hydrogen-bond donors (Lipinski definition) is 2. The molecule has 13 heavy (non-hydrogen) atoms. The van der Waals surface area contributed by atoms with Gasteiger partial charge >= 0.3 is 0 Å². The van der Waals surface area contributed by atoms with Gasteiger partial charge in [0.1, 0.15) is 5.75 Å². The summed E-state index contributed by atoms with van der Waals surface area (Å²) in [6, 6.07) is 6.07. The van der Waals surface area contributed by atoms with Gasteiger partial charge in [-0.2, -0.15) is 0 Å². The lowest BCUT2D eigenvalue weighted by Gasteiger charge is -2.08. The first-order valence-electron chi connectivity index (χ1n) is 4.30. The molecule has 0 aromatic heterocycles. The molecule has 0 saturated heterocycles. The van der Waals surface area contributed by atoms with Gasteiger partial charge in [0.2, 0.25) is 0 Å². The van der Waals surface area contributed by atoms with E-state index in [-0.39, 0.29) is 0 Å². The van der Waals surface area contributed by atoms with Crippen molar-refractivity contribution in [2.24, 2.45) is 0 Å². The van der Waals surface area contributed by atoms with E-state index in [0.717, 1.165) is 16.6 Å². The number of rotatable bonds is 3. The van der Waals surface area contributed by atoms with E-state index in [1.54, 1.807) is 6.07 Å². The Hall–Kier alpha value is -0.540. The maximum atomic E-state index is 9.39. The van der Waals surface area contributed by atoms with Crippen molar-refractivity contribution in [1.29, 1.82) is 0 Å². The summed E-state index contributed by atoms with van der Waals surface area (Å²) in [4.78, 5) is 0. The van der Waals surface area contributed by atoms with Crippen LogP contribution >= 0.6 is 15.9 Å². The van der Waals surface area contributed by atoms with E-state index >= 15 is 0 Å². The third-order valence-electron chi connectivity index (χ3n) is 1.72. The second-order valence-electron chi connectivity index (χ2n) is 3.32. The highest BCUT2D eigenvalue weighted by molar-refractivity contribution is 9.10. The highest BCUT2D eigenvalue weighted by Crippen LogP contribution is 2.24. The summed E-state index contributed by atoms with van der Waals surface area (Å²) >= 11 is 3.24. The molecular formula is C10H14BrNO. The van der Waals surface area contributed by atoms with Crippen LogP contribution in [0, 0.1) is 0 Å². The largest absolute Gasteiger partial charge is 0.507 e. The van der Waals surface area contributed by atoms with Gasteiger partial charge in [-0.3, -0.25) is 0 Å². The van der Waals surface area contributed by atoms with E-state index in [1.807, 2.05) is 12.1 Å². The van der Waals surface area contributed by atoms with Crippen LogP contribution in [0.1, 0.15) is 19.4 Å². The minimum Gasteiger partial charge on any atom is -0.507 e. The fourth-order valence-electron chi connectivity index (χ4n) is 0.990. The molecular weight excluding hydrogens is 230 g/mol. The molecule has 0 aliphatic carbocycles. The van der Waals surface area contributed by atoms with Gasteiger partial charge in [0, 0.05) is 12.6 Å². The number of phenols is 1. The van der Waals surface area contributed by atoms with E-state index in [0.29, 0.717) is 11.8 Å². The first-order valence-corrected chi connectivity index (χ1v) is 5.09. The molecule has 0 bridgehead atoms. The Morgan fingerprint density at radius 2 is 2.15 bits per heavy atom. The second-order valence-corrected chi connectivity index (χ2v) is 4.18. The molecule has 0 aliphatic heterocycles. The summed E-state index contributed by atoms with van der Waals surface area (Å²) in [5.41, 5.74) is 1.09. The van der Waals surface area contributed by atoms with Gasteiger partial charge in [-0.25, -0.2) is 0 Å². The molecule has 1 aromatic rings. The lowest BCUT2D eigenvalue weighted by molar-refractivity contribution is 0.470. The average molecular weight is 244 g/mol. The molecule has 0 radical (unpaired) electrons. The Morgan fingerprint density at radius 1 is 1.46 bits per heavy atom. The molecule has 0 unspecified atom stereocenters. The molecule has 1 aromatic carbocycles. The molecule has 72 valence electrons. The maximum absolute atomic E-state index is 9.39. The summed E-state index contributed by atoms with van der Waals surface area (Å²) < 4.78 is 0.737. The van der Waals surface area contributed by atoms with Crippen molar-refractivity contribution >= 4 is 15.9 Å². The Bertz CT molecular complexity index is 286. The number of phenolic OH excluding ortho intramolecular Hbond substituents is 1. The first kappa shape index (κ1) is 10.5. The predicted molar refractivity (Wildman–Crippen MR) is 57.8 cm³/mol. The van der Waals surface area contributed by atoms with Crippen LogP contribution in [0.5, 0.6) is 5.75 Å². The Kier molecular flexibility index (Phi) is 3.75. The number of aromatic hydroxyl groups is 1. The van der Waals surface area contributed by atoms with Crippen LogP contribution in [0.3, 0.4) is 0 Å². The van der Waals surface area contributed by atoms with Crippen LogP contribution in [0.15, 0.2) is 22.7 Å². The van der Waals surface area contributed by atoms with Crippen LogP contribution in [0.2, 0.25) is 0 Å². The molecule has 0 spiro atoms. The van der Waals surface area contributed by atoms with Crippen LogP contribution in [-0.2, 0) is 6.54 Å². The summed E-state index contributed by atoms with van der Waals surface area (Å²) in [6.45, 7) is 4.98. The van der Waals surface area contributed by atoms with Crippen molar-refractivity contribution in [3.63, 3.8) is 0 Å². The third kappa shape index (κ3) is 3.36. The quantitative estimate of drug-likeness (QED) is 0.856. The van der Waals surface area contributed by atoms with Gasteiger partial charge in [-0.15, -0.1) is 0 Å². The van der Waals surface area contributed by atoms with Crippen LogP contribution in [0.25, 0.3) is 0 Å². The second kappa shape index (κ2) is 4.63. The molecule has 0 fully saturated rings. The molecule has 0 amide bonds. The van der Waals surface area contributed by atoms with Crippen molar-refractivity contribution in [3.05, 3.63) is 28.2 Å². The Morgan fingerprint density at radius 3 is 2.69 bits per heavy atom. The summed E-state index contributed by atoms with van der Waals surface area (Å²) in [5.74, 6) is 0.294. The molecule has 0 atom stereocenters. The zero-order valence-electron chi connectivity index (χ0n) is 7.84. The lowest BCUT2D eigenvalue weighted by Crippen LogP contribution is -2.21. The van der Waals surface area contributed by atoms with Crippen molar-refractivity contribution in [2.75, 3.05) is 0 Å². The molecule has 0 aliphatic rings. The Labute approximate surface area is 87.1 Å². The van der Waals surface area contributed by atoms with E-state index in [2.05, 4.69) is 35.1 Å². The lowest BCUT2D eigenvalue weighted by atomic mass is 10.2. The number of nitrogens with one attached hydrogen (secondary N) is 1. The van der Waals surface area contributed by atoms with Crippen molar-refractivity contribution < 1.29 is 5.11 Å². The fraction of sp³-hybridized carbons (Fsp3) is 0.400. The zero-order valence-corrected chi connectivity index (χ0v) is 9.43. The van der Waals surface area contributed by atoms with Crippen LogP contribution < -0.4 is 5.32 Å². The topological polar surface area (TPSA) is 32.3 Å². The zero-order chi connectivity index (χ0) is 9.84. The van der Waals surface area contributed by atoms with Crippen LogP contribution in [0.4, 0.5) is 0 Å². The van der Waals surface area contributed by atoms with Gasteiger partial charge in [0.05, 0.1) is 4.47 Å². The van der Waals surface area contributed by atoms with E-state index in [1.165, 1.54) is 0 Å². The number of halogens is 1. The molecule has 1 rings (SSSR count). The Balaban J connectivity index is 2.63. The fourth-order valence-corrected chi connectivity index (χ4v) is 1.24. The van der Waals surface area contributed by atoms with Gasteiger partial charge < -0.3 is 10.4 Å². The number of benzene rings is 1. The first-order chi connectivity index (χ1) is 6.09. The maximum Gasteiger partial charge on any atom is 0.130 e. The smallest absolute Gasteiger partial charge is 0.130 e. The average Bonchev–Trinajstić information content (AvgIpc) is 2.07. The third-order valence-corrected chi connectivity index (χ3v) is 2.40. The summed E-state index contributed by atoms with van der Waals surface area (Å²) in [6.07, 6.45) is 0. The highest BCUT2D eigenvalue weighted by Gasteiger charge is 1.99. The van der Waals surface area contributed by atoms with E-state index in [9.17, 15) is 5.11 Å². The van der Waals surface area contributed by atoms with Crippen molar-refractivity contribution in [2.45, 2.75) is 26.4 Å². The minimum atomic E-state index is 0.294. The predicted octanol–water partition coefficient (Wildman–Crippen LogP) is 2.65. The summed E-state index contributed by atoms with van der Waals surface area (Å²) in [7, 11) is 0. The number of hydrogen-bond acceptors (Lipinski definition) is 2.